The first kappa shape index (κ1) is 28.4. The Balaban J connectivity index is 1.06. The maximum absolute atomic E-state index is 6.65. The van der Waals surface area contributed by atoms with Gasteiger partial charge in [0.25, 0.3) is 0 Å². The van der Waals surface area contributed by atoms with Gasteiger partial charge < -0.3 is 8.98 Å². The van der Waals surface area contributed by atoms with Crippen LogP contribution in [-0.4, -0.2) is 4.57 Å². The second-order valence-corrected chi connectivity index (χ2v) is 12.9. The molecule has 0 bridgehead atoms. The van der Waals surface area contributed by atoms with E-state index in [1.165, 1.54) is 55.2 Å². The van der Waals surface area contributed by atoms with Crippen molar-refractivity contribution in [2.45, 2.75) is 0 Å². The number of nitrogens with zero attached hydrogens (tertiary/aromatic N) is 1. The fourth-order valence-corrected chi connectivity index (χ4v) is 7.59. The number of fused-ring (bicyclic) bond motifs is 6. The zero-order chi connectivity index (χ0) is 33.0. The third-order valence-electron chi connectivity index (χ3n) is 9.99. The van der Waals surface area contributed by atoms with E-state index in [0.29, 0.717) is 0 Å². The Morgan fingerprint density at radius 1 is 0.320 bits per heavy atom. The first-order valence-corrected chi connectivity index (χ1v) is 17.1. The predicted octanol–water partition coefficient (Wildman–Crippen LogP) is 13.4. The minimum atomic E-state index is 0.893. The van der Waals surface area contributed by atoms with E-state index in [4.69, 9.17) is 4.42 Å². The molecule has 0 radical (unpaired) electrons. The molecular weight excluding hydrogens is 607 g/mol. The van der Waals surface area contributed by atoms with Crippen LogP contribution in [0.15, 0.2) is 192 Å². The minimum absolute atomic E-state index is 0.893. The molecule has 0 aliphatic heterocycles. The molecule has 0 aliphatic carbocycles. The fourth-order valence-electron chi connectivity index (χ4n) is 7.59. The Kier molecular flexibility index (Phi) is 6.53. The van der Waals surface area contributed by atoms with Gasteiger partial charge in [-0.15, -0.1) is 0 Å². The summed E-state index contributed by atoms with van der Waals surface area (Å²) in [6.07, 6.45) is 0. The lowest BCUT2D eigenvalue weighted by molar-refractivity contribution is 0.670. The average Bonchev–Trinajstić information content (AvgIpc) is 3.74. The monoisotopic (exact) mass is 637 g/mol. The van der Waals surface area contributed by atoms with Crippen molar-refractivity contribution in [1.82, 2.24) is 4.57 Å². The first-order valence-electron chi connectivity index (χ1n) is 17.1. The molecule has 0 N–H and O–H groups in total. The van der Waals surface area contributed by atoms with E-state index < -0.39 is 0 Å². The molecule has 0 spiro atoms. The largest absolute Gasteiger partial charge is 0.455 e. The molecule has 0 saturated carbocycles. The Morgan fingerprint density at radius 2 is 0.860 bits per heavy atom. The van der Waals surface area contributed by atoms with Crippen LogP contribution in [0.3, 0.4) is 0 Å². The molecule has 234 valence electrons. The van der Waals surface area contributed by atoms with Crippen molar-refractivity contribution in [2.75, 3.05) is 0 Å². The molecule has 0 fully saturated rings. The van der Waals surface area contributed by atoms with E-state index in [0.717, 1.165) is 38.8 Å². The summed E-state index contributed by atoms with van der Waals surface area (Å²) in [5.41, 5.74) is 14.8. The Hall–Kier alpha value is -6.64. The Bertz CT molecular complexity index is 2860. The standard InChI is InChI=1S/C48H31NO/c1-3-12-32(13-4-1)33-14-9-15-34(28-33)35-16-10-17-36(29-35)37-25-27-47-44(30-37)42-22-11-21-40(48(42)50-47)38-24-26-46-43(31-38)41-20-7-8-23-45(41)49(46)39-18-5-2-6-19-39/h1-31H. The normalized spacial score (nSPS) is 11.6. The van der Waals surface area contributed by atoms with Gasteiger partial charge >= 0.3 is 0 Å². The van der Waals surface area contributed by atoms with Gasteiger partial charge in [0, 0.05) is 32.8 Å². The van der Waals surface area contributed by atoms with E-state index >= 15 is 0 Å². The van der Waals surface area contributed by atoms with Gasteiger partial charge in [0.05, 0.1) is 11.0 Å². The molecule has 50 heavy (non-hydrogen) atoms. The van der Waals surface area contributed by atoms with E-state index in [1.54, 1.807) is 0 Å². The molecule has 10 aromatic rings. The van der Waals surface area contributed by atoms with Crippen molar-refractivity contribution < 1.29 is 4.42 Å². The third kappa shape index (κ3) is 4.65. The number of aromatic nitrogens is 1. The number of rotatable bonds is 5. The summed E-state index contributed by atoms with van der Waals surface area (Å²) in [7, 11) is 0. The number of hydrogen-bond acceptors (Lipinski definition) is 1. The second kappa shape index (κ2) is 11.5. The predicted molar refractivity (Wildman–Crippen MR) is 210 cm³/mol. The highest BCUT2D eigenvalue weighted by Gasteiger charge is 2.17. The van der Waals surface area contributed by atoms with Crippen LogP contribution in [0.25, 0.3) is 93.9 Å². The SMILES string of the molecule is c1ccc(-c2cccc(-c3cccc(-c4ccc5oc6c(-c7ccc8c(c7)c7ccccc7n8-c7ccccc7)cccc6c5c4)c3)c2)cc1. The van der Waals surface area contributed by atoms with Gasteiger partial charge in [-0.25, -0.2) is 0 Å². The molecule has 10 rings (SSSR count). The maximum atomic E-state index is 6.65. The summed E-state index contributed by atoms with van der Waals surface area (Å²) in [4.78, 5) is 0. The van der Waals surface area contributed by atoms with Crippen LogP contribution in [0.5, 0.6) is 0 Å². The summed E-state index contributed by atoms with van der Waals surface area (Å²) in [5.74, 6) is 0. The van der Waals surface area contributed by atoms with Gasteiger partial charge in [-0.1, -0.05) is 133 Å². The maximum Gasteiger partial charge on any atom is 0.143 e. The summed E-state index contributed by atoms with van der Waals surface area (Å²) in [5, 5.41) is 4.71. The number of para-hydroxylation sites is 3. The van der Waals surface area contributed by atoms with Crippen molar-refractivity contribution in [1.29, 1.82) is 0 Å². The lowest BCUT2D eigenvalue weighted by Gasteiger charge is -2.09. The number of benzene rings is 8. The molecule has 2 aromatic heterocycles. The van der Waals surface area contributed by atoms with Crippen molar-refractivity contribution in [2.24, 2.45) is 0 Å². The van der Waals surface area contributed by atoms with Gasteiger partial charge in [-0.05, 0) is 93.5 Å². The van der Waals surface area contributed by atoms with Crippen molar-refractivity contribution in [3.8, 4) is 50.2 Å². The van der Waals surface area contributed by atoms with Gasteiger partial charge in [0.1, 0.15) is 11.2 Å². The van der Waals surface area contributed by atoms with E-state index in [-0.39, 0.29) is 0 Å². The van der Waals surface area contributed by atoms with Crippen LogP contribution in [0.1, 0.15) is 0 Å². The lowest BCUT2D eigenvalue weighted by Crippen LogP contribution is -1.92. The molecule has 0 amide bonds. The molecule has 0 atom stereocenters. The molecule has 0 saturated heterocycles. The van der Waals surface area contributed by atoms with Crippen molar-refractivity contribution in [3.05, 3.63) is 188 Å². The highest BCUT2D eigenvalue weighted by atomic mass is 16.3. The zero-order valence-corrected chi connectivity index (χ0v) is 27.3. The smallest absolute Gasteiger partial charge is 0.143 e. The summed E-state index contributed by atoms with van der Waals surface area (Å²) in [6.45, 7) is 0. The summed E-state index contributed by atoms with van der Waals surface area (Å²) >= 11 is 0. The molecule has 0 aliphatic rings. The van der Waals surface area contributed by atoms with E-state index in [2.05, 4.69) is 193 Å². The topological polar surface area (TPSA) is 18.1 Å². The second-order valence-electron chi connectivity index (χ2n) is 12.9. The molecular formula is C48H31NO. The van der Waals surface area contributed by atoms with Gasteiger partial charge in [0.15, 0.2) is 0 Å². The van der Waals surface area contributed by atoms with E-state index in [9.17, 15) is 0 Å². The molecule has 2 heteroatoms. The molecule has 8 aromatic carbocycles. The summed E-state index contributed by atoms with van der Waals surface area (Å²) in [6, 6.07) is 67.3. The molecule has 0 unspecified atom stereocenters. The quantitative estimate of drug-likeness (QED) is 0.184. The van der Waals surface area contributed by atoms with Crippen LogP contribution in [-0.2, 0) is 0 Å². The highest BCUT2D eigenvalue weighted by molar-refractivity contribution is 6.13. The zero-order valence-electron chi connectivity index (χ0n) is 27.3. The average molecular weight is 638 g/mol. The van der Waals surface area contributed by atoms with Gasteiger partial charge in [-0.2, -0.15) is 0 Å². The number of furan rings is 1. The Labute approximate surface area is 290 Å². The van der Waals surface area contributed by atoms with Crippen molar-refractivity contribution in [3.63, 3.8) is 0 Å². The third-order valence-corrected chi connectivity index (χ3v) is 9.99. The number of hydrogen-bond donors (Lipinski definition) is 0. The van der Waals surface area contributed by atoms with Crippen LogP contribution >= 0.6 is 0 Å². The summed E-state index contributed by atoms with van der Waals surface area (Å²) < 4.78 is 9.00. The van der Waals surface area contributed by atoms with Crippen LogP contribution < -0.4 is 0 Å². The first-order chi connectivity index (χ1) is 24.8. The molecule has 2 nitrogen and oxygen atoms in total. The minimum Gasteiger partial charge on any atom is -0.455 e. The Morgan fingerprint density at radius 3 is 1.62 bits per heavy atom. The van der Waals surface area contributed by atoms with Crippen LogP contribution in [0.4, 0.5) is 0 Å². The lowest BCUT2D eigenvalue weighted by atomic mass is 9.95. The van der Waals surface area contributed by atoms with E-state index in [1.807, 2.05) is 0 Å². The molecule has 2 heterocycles. The van der Waals surface area contributed by atoms with Crippen molar-refractivity contribution >= 4 is 43.7 Å². The fraction of sp³-hybridized carbons (Fsp3) is 0. The van der Waals surface area contributed by atoms with Crippen LogP contribution in [0, 0.1) is 0 Å². The van der Waals surface area contributed by atoms with Crippen LogP contribution in [0.2, 0.25) is 0 Å². The highest BCUT2D eigenvalue weighted by Crippen LogP contribution is 2.40. The van der Waals surface area contributed by atoms with Gasteiger partial charge in [-0.3, -0.25) is 0 Å². The van der Waals surface area contributed by atoms with Gasteiger partial charge in [0.2, 0.25) is 0 Å².